The maximum Gasteiger partial charge on any atom is 0.157 e. The smallest absolute Gasteiger partial charge is 0.157 e. The Kier molecular flexibility index (Phi) is 14.8. The minimum Gasteiger partial charge on any atom is -0.504 e. The summed E-state index contributed by atoms with van der Waals surface area (Å²) >= 11 is 0. The number of phenolic OH excluding ortho intramolecular Hbond substituents is 4. The van der Waals surface area contributed by atoms with Crippen molar-refractivity contribution in [3.8, 4) is 23.0 Å². The predicted molar refractivity (Wildman–Crippen MR) is 288 cm³/mol. The summed E-state index contributed by atoms with van der Waals surface area (Å²) in [6.45, 7) is 0. The summed E-state index contributed by atoms with van der Waals surface area (Å²) in [5, 5.41) is 34.7. The zero-order valence-corrected chi connectivity index (χ0v) is 38.5. The molecule has 12 nitrogen and oxygen atoms in total. The van der Waals surface area contributed by atoms with Gasteiger partial charge >= 0.3 is 0 Å². The van der Waals surface area contributed by atoms with Crippen LogP contribution in [0.15, 0.2) is 243 Å². The maximum absolute atomic E-state index is 8.67. The lowest BCUT2D eigenvalue weighted by Gasteiger charge is -1.98. The number of hydrogen-bond donors (Lipinski definition) is 4. The van der Waals surface area contributed by atoms with Gasteiger partial charge in [-0.3, -0.25) is 0 Å². The molecule has 348 valence electrons. The minimum atomic E-state index is -0.0764. The summed E-state index contributed by atoms with van der Waals surface area (Å²) in [5.41, 5.74) is 15.2. The van der Waals surface area contributed by atoms with Gasteiger partial charge in [-0.25, -0.2) is 39.9 Å². The lowest BCUT2D eigenvalue weighted by molar-refractivity contribution is 0.404. The number of fused-ring (bicyclic) bond motifs is 8. The third-order valence-corrected chi connectivity index (χ3v) is 10.7. The van der Waals surface area contributed by atoms with Gasteiger partial charge in [0, 0.05) is 0 Å². The third-order valence-electron chi connectivity index (χ3n) is 10.7. The summed E-state index contributed by atoms with van der Waals surface area (Å²) in [5.74, 6) is -0.306. The Labute approximate surface area is 412 Å². The fourth-order valence-corrected chi connectivity index (χ4v) is 7.19. The van der Waals surface area contributed by atoms with Crippen molar-refractivity contribution in [3.05, 3.63) is 243 Å². The van der Waals surface area contributed by atoms with Crippen LogP contribution >= 0.6 is 0 Å². The zero-order chi connectivity index (χ0) is 49.5. The number of phenols is 4. The van der Waals surface area contributed by atoms with E-state index in [0.717, 1.165) is 88.3 Å². The first-order valence-electron chi connectivity index (χ1n) is 22.7. The summed E-state index contributed by atoms with van der Waals surface area (Å²) in [7, 11) is 0. The second-order valence-corrected chi connectivity index (χ2v) is 15.8. The van der Waals surface area contributed by atoms with E-state index in [0.29, 0.717) is 0 Å². The highest BCUT2D eigenvalue weighted by atomic mass is 16.3. The van der Waals surface area contributed by atoms with Crippen molar-refractivity contribution in [1.82, 2.24) is 39.9 Å². The van der Waals surface area contributed by atoms with Crippen LogP contribution in [0.4, 0.5) is 0 Å². The van der Waals surface area contributed by atoms with Crippen molar-refractivity contribution in [2.24, 2.45) is 0 Å². The monoisotopic (exact) mass is 940 g/mol. The maximum atomic E-state index is 8.67. The normalized spacial score (nSPS) is 10.4. The average Bonchev–Trinajstić information content (AvgIpc) is 3.43. The van der Waals surface area contributed by atoms with Crippen LogP contribution in [0.2, 0.25) is 0 Å². The van der Waals surface area contributed by atoms with Gasteiger partial charge in [-0.05, 0) is 121 Å². The SMILES string of the molecule is Oc1ccccc1O.Oc1ccccc1O.c1ccc2nc3ccccc3nc2c1.c1ccc2nc3ccccc3nc2c1.c1ccc2nc3ccccc3nc2c1.c1ccc2nc3ccccc3nc2c1. The molecular weight excluding hydrogens is 897 g/mol. The Balaban J connectivity index is 0.000000108. The molecule has 72 heavy (non-hydrogen) atoms. The lowest BCUT2D eigenvalue weighted by Crippen LogP contribution is -1.85. The van der Waals surface area contributed by atoms with Gasteiger partial charge in [0.1, 0.15) is 0 Å². The van der Waals surface area contributed by atoms with E-state index in [9.17, 15) is 0 Å². The molecule has 0 aliphatic rings. The average molecular weight is 941 g/mol. The number of aromatic nitrogens is 8. The van der Waals surface area contributed by atoms with Gasteiger partial charge in [-0.15, -0.1) is 0 Å². The molecule has 4 N–H and O–H groups in total. The molecular formula is C60H44N8O4. The summed E-state index contributed by atoms with van der Waals surface area (Å²) in [6, 6.07) is 75.6. The molecule has 0 radical (unpaired) electrons. The molecule has 0 atom stereocenters. The van der Waals surface area contributed by atoms with Crippen molar-refractivity contribution < 1.29 is 20.4 Å². The topological polar surface area (TPSA) is 184 Å². The first-order chi connectivity index (χ1) is 35.3. The molecule has 14 aromatic rings. The molecule has 0 fully saturated rings. The van der Waals surface area contributed by atoms with Gasteiger partial charge in [0.25, 0.3) is 0 Å². The standard InChI is InChI=1S/4C12H8N2.2C6H6O2/c4*1-2-6-10-9(5-1)13-11-7-3-4-8-12(11)14-10;2*7-5-3-1-2-4-6(5)8/h4*1-8H;2*1-4,7-8H. The van der Waals surface area contributed by atoms with Gasteiger partial charge in [0.05, 0.1) is 88.3 Å². The molecule has 12 heteroatoms. The van der Waals surface area contributed by atoms with Crippen LogP contribution in [0.25, 0.3) is 88.3 Å². The second kappa shape index (κ2) is 22.7. The Morgan fingerprint density at radius 2 is 0.222 bits per heavy atom. The lowest BCUT2D eigenvalue weighted by atomic mass is 10.2. The Morgan fingerprint density at radius 3 is 0.306 bits per heavy atom. The van der Waals surface area contributed by atoms with Gasteiger partial charge in [0.2, 0.25) is 0 Å². The van der Waals surface area contributed by atoms with Crippen molar-refractivity contribution in [2.75, 3.05) is 0 Å². The zero-order valence-electron chi connectivity index (χ0n) is 38.5. The van der Waals surface area contributed by atoms with Crippen LogP contribution < -0.4 is 0 Å². The van der Waals surface area contributed by atoms with Gasteiger partial charge in [-0.1, -0.05) is 121 Å². The molecule has 0 spiro atoms. The van der Waals surface area contributed by atoms with Gasteiger partial charge < -0.3 is 20.4 Å². The molecule has 0 saturated carbocycles. The van der Waals surface area contributed by atoms with E-state index in [4.69, 9.17) is 20.4 Å². The van der Waals surface area contributed by atoms with Crippen LogP contribution in [0.3, 0.4) is 0 Å². The van der Waals surface area contributed by atoms with Crippen LogP contribution in [0.1, 0.15) is 0 Å². The first-order valence-corrected chi connectivity index (χ1v) is 22.7. The molecule has 4 heterocycles. The summed E-state index contributed by atoms with van der Waals surface area (Å²) in [4.78, 5) is 36.1. The molecule has 0 aliphatic heterocycles. The number of para-hydroxylation sites is 20. The number of aromatic hydroxyl groups is 4. The molecule has 4 aromatic heterocycles. The van der Waals surface area contributed by atoms with E-state index >= 15 is 0 Å². The number of hydrogen-bond acceptors (Lipinski definition) is 12. The predicted octanol–water partition coefficient (Wildman–Crippen LogP) is 13.3. The highest BCUT2D eigenvalue weighted by Crippen LogP contribution is 2.23. The quantitative estimate of drug-likeness (QED) is 0.0834. The summed E-state index contributed by atoms with van der Waals surface area (Å²) in [6.07, 6.45) is 0. The first kappa shape index (κ1) is 46.9. The Hall–Kier alpha value is -10.2. The second-order valence-electron chi connectivity index (χ2n) is 15.8. The van der Waals surface area contributed by atoms with Crippen molar-refractivity contribution in [1.29, 1.82) is 0 Å². The van der Waals surface area contributed by atoms with E-state index < -0.39 is 0 Å². The number of nitrogens with zero attached hydrogens (tertiary/aromatic N) is 8. The molecule has 14 rings (SSSR count). The van der Waals surface area contributed by atoms with Crippen molar-refractivity contribution in [3.63, 3.8) is 0 Å². The molecule has 10 aromatic carbocycles. The van der Waals surface area contributed by atoms with Gasteiger partial charge in [0.15, 0.2) is 23.0 Å². The van der Waals surface area contributed by atoms with Crippen molar-refractivity contribution >= 4 is 88.3 Å². The molecule has 0 unspecified atom stereocenters. The molecule has 0 aliphatic carbocycles. The van der Waals surface area contributed by atoms with Crippen LogP contribution in [0, 0.1) is 0 Å². The fourth-order valence-electron chi connectivity index (χ4n) is 7.19. The van der Waals surface area contributed by atoms with E-state index in [1.165, 1.54) is 24.3 Å². The molecule has 0 bridgehead atoms. The largest absolute Gasteiger partial charge is 0.504 e. The highest BCUT2D eigenvalue weighted by Gasteiger charge is 2.02. The molecule has 0 saturated heterocycles. The van der Waals surface area contributed by atoms with E-state index in [1.54, 1.807) is 24.3 Å². The third kappa shape index (κ3) is 11.9. The fraction of sp³-hybridized carbons (Fsp3) is 0. The number of benzene rings is 10. The van der Waals surface area contributed by atoms with Crippen LogP contribution in [-0.4, -0.2) is 60.3 Å². The Bertz CT molecular complexity index is 3150. The van der Waals surface area contributed by atoms with E-state index in [2.05, 4.69) is 39.9 Å². The van der Waals surface area contributed by atoms with Crippen LogP contribution in [0.5, 0.6) is 23.0 Å². The van der Waals surface area contributed by atoms with Crippen LogP contribution in [-0.2, 0) is 0 Å². The summed E-state index contributed by atoms with van der Waals surface area (Å²) < 4.78 is 0. The Morgan fingerprint density at radius 1 is 0.139 bits per heavy atom. The van der Waals surface area contributed by atoms with E-state index in [1.807, 2.05) is 194 Å². The molecule has 0 amide bonds. The minimum absolute atomic E-state index is 0.0764. The van der Waals surface area contributed by atoms with E-state index in [-0.39, 0.29) is 23.0 Å². The highest BCUT2D eigenvalue weighted by molar-refractivity contribution is 5.88. The number of rotatable bonds is 0. The van der Waals surface area contributed by atoms with Crippen molar-refractivity contribution in [2.45, 2.75) is 0 Å². The van der Waals surface area contributed by atoms with Gasteiger partial charge in [-0.2, -0.15) is 0 Å².